The van der Waals surface area contributed by atoms with Crippen molar-refractivity contribution in [1.29, 1.82) is 0 Å². The second-order valence-electron chi connectivity index (χ2n) is 3.48. The van der Waals surface area contributed by atoms with Crippen molar-refractivity contribution in [2.24, 2.45) is 0 Å². The molecule has 2 heterocycles. The average molecular weight is 309 g/mol. The fourth-order valence-corrected chi connectivity index (χ4v) is 1.82. The van der Waals surface area contributed by atoms with Crippen molar-refractivity contribution in [3.63, 3.8) is 0 Å². The molecule has 0 fully saturated rings. The number of carbonyl (C=O) groups is 2. The van der Waals surface area contributed by atoms with Crippen molar-refractivity contribution in [1.82, 2.24) is 15.0 Å². The fourth-order valence-electron chi connectivity index (χ4n) is 1.17. The largest absolute Gasteiger partial charge is 0.451 e. The molecular formula is C10H7N5O5S. The maximum Gasteiger partial charge on any atom is 0.359 e. The summed E-state index contributed by atoms with van der Waals surface area (Å²) in [6, 6.07) is 0. The molecule has 0 aromatic carbocycles. The number of nitro groups is 1. The Morgan fingerprint density at radius 3 is 2.76 bits per heavy atom. The minimum atomic E-state index is -0.802. The molecule has 0 bridgehead atoms. The second kappa shape index (κ2) is 6.47. The zero-order chi connectivity index (χ0) is 15.2. The topological polar surface area (TPSA) is 137 Å². The lowest BCUT2D eigenvalue weighted by molar-refractivity contribution is -0.380. The van der Waals surface area contributed by atoms with Gasteiger partial charge < -0.3 is 4.74 Å². The number of carbonyl (C=O) groups excluding carboxylic acids is 2. The molecular weight excluding hydrogens is 302 g/mol. The van der Waals surface area contributed by atoms with Crippen LogP contribution >= 0.6 is 11.3 Å². The van der Waals surface area contributed by atoms with Gasteiger partial charge in [-0.15, -0.1) is 0 Å². The molecule has 21 heavy (non-hydrogen) atoms. The Balaban J connectivity index is 1.84. The minimum absolute atomic E-state index is 0.0322. The van der Waals surface area contributed by atoms with E-state index in [1.165, 1.54) is 18.6 Å². The third kappa shape index (κ3) is 4.01. The highest BCUT2D eigenvalue weighted by molar-refractivity contribution is 7.18. The number of ether oxygens (including phenoxy) is 1. The first-order valence-electron chi connectivity index (χ1n) is 5.39. The Hall–Kier alpha value is -2.95. The van der Waals surface area contributed by atoms with E-state index in [1.54, 1.807) is 0 Å². The molecule has 2 aromatic rings. The SMILES string of the molecule is O=C(COC(=O)c1cnccn1)Nc1ncc([N+](=O)[O-])s1. The van der Waals surface area contributed by atoms with Crippen molar-refractivity contribution in [3.05, 3.63) is 40.6 Å². The normalized spacial score (nSPS) is 9.90. The van der Waals surface area contributed by atoms with Crippen molar-refractivity contribution in [3.8, 4) is 0 Å². The van der Waals surface area contributed by atoms with Crippen LogP contribution in [0.4, 0.5) is 10.1 Å². The molecule has 0 saturated heterocycles. The van der Waals surface area contributed by atoms with Crippen LogP contribution in [0.25, 0.3) is 0 Å². The van der Waals surface area contributed by atoms with E-state index < -0.39 is 23.4 Å². The standard InChI is InChI=1S/C10H7N5O5S/c16-7(14-10-13-4-8(21-10)15(18)19)5-20-9(17)6-3-11-1-2-12-6/h1-4H,5H2,(H,13,14,16). The molecule has 0 atom stereocenters. The fraction of sp³-hybridized carbons (Fsp3) is 0.100. The quantitative estimate of drug-likeness (QED) is 0.482. The summed E-state index contributed by atoms with van der Waals surface area (Å²) in [4.78, 5) is 43.9. The summed E-state index contributed by atoms with van der Waals surface area (Å²) in [5, 5.41) is 12.6. The average Bonchev–Trinajstić information content (AvgIpc) is 2.94. The summed E-state index contributed by atoms with van der Waals surface area (Å²) >= 11 is 0.695. The molecule has 0 saturated carbocycles. The third-order valence-electron chi connectivity index (χ3n) is 2.03. The first kappa shape index (κ1) is 14.5. The van der Waals surface area contributed by atoms with Crippen LogP contribution in [-0.2, 0) is 9.53 Å². The Morgan fingerprint density at radius 2 is 2.14 bits per heavy atom. The van der Waals surface area contributed by atoms with Gasteiger partial charge >= 0.3 is 11.0 Å². The number of nitrogens with one attached hydrogen (secondary N) is 1. The molecule has 2 rings (SSSR count). The van der Waals surface area contributed by atoms with Gasteiger partial charge in [0, 0.05) is 12.4 Å². The second-order valence-corrected chi connectivity index (χ2v) is 4.48. The summed E-state index contributed by atoms with van der Waals surface area (Å²) in [7, 11) is 0. The molecule has 0 spiro atoms. The van der Waals surface area contributed by atoms with E-state index >= 15 is 0 Å². The predicted molar refractivity (Wildman–Crippen MR) is 69.7 cm³/mol. The number of thiazole rings is 1. The number of anilines is 1. The van der Waals surface area contributed by atoms with Gasteiger partial charge in [-0.2, -0.15) is 0 Å². The number of hydrogen-bond acceptors (Lipinski definition) is 9. The van der Waals surface area contributed by atoms with Gasteiger partial charge in [0.1, 0.15) is 6.20 Å². The van der Waals surface area contributed by atoms with E-state index in [0.717, 1.165) is 6.20 Å². The van der Waals surface area contributed by atoms with Crippen LogP contribution in [0.5, 0.6) is 0 Å². The molecule has 0 aliphatic carbocycles. The highest BCUT2D eigenvalue weighted by atomic mass is 32.1. The number of hydrogen-bond donors (Lipinski definition) is 1. The molecule has 11 heteroatoms. The Labute approximate surface area is 121 Å². The lowest BCUT2D eigenvalue weighted by atomic mass is 10.4. The maximum atomic E-state index is 11.5. The lowest BCUT2D eigenvalue weighted by Crippen LogP contribution is -2.21. The van der Waals surface area contributed by atoms with Gasteiger partial charge in [0.25, 0.3) is 5.91 Å². The summed E-state index contributed by atoms with van der Waals surface area (Å²) < 4.78 is 4.71. The first-order valence-corrected chi connectivity index (χ1v) is 6.21. The first-order chi connectivity index (χ1) is 10.1. The van der Waals surface area contributed by atoms with Gasteiger partial charge in [-0.1, -0.05) is 0 Å². The molecule has 0 aliphatic heterocycles. The van der Waals surface area contributed by atoms with Crippen molar-refractivity contribution in [2.75, 3.05) is 11.9 Å². The smallest absolute Gasteiger partial charge is 0.359 e. The lowest BCUT2D eigenvalue weighted by Gasteiger charge is -2.03. The minimum Gasteiger partial charge on any atom is -0.451 e. The van der Waals surface area contributed by atoms with E-state index in [0.29, 0.717) is 11.3 Å². The van der Waals surface area contributed by atoms with Crippen LogP contribution in [0.3, 0.4) is 0 Å². The van der Waals surface area contributed by atoms with Gasteiger partial charge in [-0.3, -0.25) is 25.2 Å². The number of esters is 1. The van der Waals surface area contributed by atoms with Gasteiger partial charge in [-0.05, 0) is 11.3 Å². The Kier molecular flexibility index (Phi) is 4.46. The molecule has 2 aromatic heterocycles. The number of nitrogens with zero attached hydrogens (tertiary/aromatic N) is 4. The van der Waals surface area contributed by atoms with Crippen LogP contribution in [0.2, 0.25) is 0 Å². The van der Waals surface area contributed by atoms with E-state index in [1.807, 2.05) is 0 Å². The molecule has 1 N–H and O–H groups in total. The molecule has 0 aliphatic rings. The number of amides is 1. The zero-order valence-corrected chi connectivity index (χ0v) is 11.1. The van der Waals surface area contributed by atoms with Gasteiger partial charge in [0.15, 0.2) is 17.4 Å². The number of rotatable bonds is 5. The van der Waals surface area contributed by atoms with Crippen LogP contribution in [-0.4, -0.2) is 38.4 Å². The van der Waals surface area contributed by atoms with Gasteiger partial charge in [0.2, 0.25) is 0 Å². The molecule has 108 valence electrons. The van der Waals surface area contributed by atoms with Crippen LogP contribution in [0, 0.1) is 10.1 Å². The monoisotopic (exact) mass is 309 g/mol. The maximum absolute atomic E-state index is 11.5. The third-order valence-corrected chi connectivity index (χ3v) is 2.89. The van der Waals surface area contributed by atoms with Crippen LogP contribution in [0.15, 0.2) is 24.8 Å². The van der Waals surface area contributed by atoms with E-state index in [4.69, 9.17) is 4.74 Å². The summed E-state index contributed by atoms with van der Waals surface area (Å²) in [5.41, 5.74) is -0.0322. The van der Waals surface area contributed by atoms with Crippen molar-refractivity contribution in [2.45, 2.75) is 0 Å². The van der Waals surface area contributed by atoms with E-state index in [-0.39, 0.29) is 15.8 Å². The van der Waals surface area contributed by atoms with Crippen molar-refractivity contribution >= 4 is 33.3 Å². The highest BCUT2D eigenvalue weighted by Gasteiger charge is 2.15. The molecule has 10 nitrogen and oxygen atoms in total. The predicted octanol–water partition coefficient (Wildman–Crippen LogP) is 0.637. The summed E-state index contributed by atoms with van der Waals surface area (Å²) in [6.07, 6.45) is 4.92. The Morgan fingerprint density at radius 1 is 1.33 bits per heavy atom. The molecule has 0 radical (unpaired) electrons. The van der Waals surface area contributed by atoms with E-state index in [9.17, 15) is 19.7 Å². The highest BCUT2D eigenvalue weighted by Crippen LogP contribution is 2.24. The molecule has 0 unspecified atom stereocenters. The van der Waals surface area contributed by atoms with Crippen molar-refractivity contribution < 1.29 is 19.2 Å². The van der Waals surface area contributed by atoms with Crippen LogP contribution < -0.4 is 5.32 Å². The van der Waals surface area contributed by atoms with Gasteiger partial charge in [-0.25, -0.2) is 14.8 Å². The summed E-state index contributed by atoms with van der Waals surface area (Å²) in [5.74, 6) is -1.47. The van der Waals surface area contributed by atoms with Gasteiger partial charge in [0.05, 0.1) is 11.1 Å². The Bertz CT molecular complexity index is 673. The summed E-state index contributed by atoms with van der Waals surface area (Å²) in [6.45, 7) is -0.567. The number of aromatic nitrogens is 3. The van der Waals surface area contributed by atoms with Crippen LogP contribution in [0.1, 0.15) is 10.5 Å². The zero-order valence-electron chi connectivity index (χ0n) is 10.3. The van der Waals surface area contributed by atoms with E-state index in [2.05, 4.69) is 20.3 Å². The molecule has 1 amide bonds.